The fourth-order valence-corrected chi connectivity index (χ4v) is 3.71. The second-order valence-corrected chi connectivity index (χ2v) is 5.91. The molecule has 1 atom stereocenters. The molecule has 0 amide bonds. The lowest BCUT2D eigenvalue weighted by atomic mass is 10.0. The molecule has 0 bridgehead atoms. The van der Waals surface area contributed by atoms with Crippen LogP contribution in [0.3, 0.4) is 0 Å². The standard InChI is InChI=1S/C14H25N3S/c1-3-17-10-5-4-8-13(17)14-16-12(11-18-14)7-6-9-15-2/h11,13,15H,3-10H2,1-2H3. The van der Waals surface area contributed by atoms with E-state index in [9.17, 15) is 0 Å². The minimum absolute atomic E-state index is 0.590. The van der Waals surface area contributed by atoms with Gasteiger partial charge in [-0.05, 0) is 52.4 Å². The van der Waals surface area contributed by atoms with Crippen molar-refractivity contribution in [1.29, 1.82) is 0 Å². The molecule has 1 unspecified atom stereocenters. The van der Waals surface area contributed by atoms with Gasteiger partial charge in [-0.2, -0.15) is 0 Å². The number of thiazole rings is 1. The van der Waals surface area contributed by atoms with Crippen molar-refractivity contribution in [3.8, 4) is 0 Å². The van der Waals surface area contributed by atoms with Gasteiger partial charge in [0.2, 0.25) is 0 Å². The van der Waals surface area contributed by atoms with E-state index in [0.29, 0.717) is 6.04 Å². The summed E-state index contributed by atoms with van der Waals surface area (Å²) in [6, 6.07) is 0.590. The number of nitrogens with one attached hydrogen (secondary N) is 1. The highest BCUT2D eigenvalue weighted by molar-refractivity contribution is 7.09. The van der Waals surface area contributed by atoms with Crippen LogP contribution in [0.5, 0.6) is 0 Å². The second kappa shape index (κ2) is 7.22. The molecule has 0 aliphatic carbocycles. The number of nitrogens with zero attached hydrogens (tertiary/aromatic N) is 2. The fourth-order valence-electron chi connectivity index (χ4n) is 2.69. The quantitative estimate of drug-likeness (QED) is 0.803. The molecule has 0 saturated carbocycles. The first-order valence-corrected chi connectivity index (χ1v) is 8.06. The van der Waals surface area contributed by atoms with Gasteiger partial charge in [-0.3, -0.25) is 4.90 Å². The van der Waals surface area contributed by atoms with E-state index in [2.05, 4.69) is 22.5 Å². The van der Waals surface area contributed by atoms with Crippen molar-refractivity contribution in [2.24, 2.45) is 0 Å². The molecular formula is C14H25N3S. The third-order valence-corrected chi connectivity index (χ3v) is 4.73. The van der Waals surface area contributed by atoms with Gasteiger partial charge >= 0.3 is 0 Å². The maximum absolute atomic E-state index is 4.85. The summed E-state index contributed by atoms with van der Waals surface area (Å²) in [7, 11) is 2.01. The third-order valence-electron chi connectivity index (χ3n) is 3.73. The molecule has 0 spiro atoms. The van der Waals surface area contributed by atoms with Crippen molar-refractivity contribution in [3.05, 3.63) is 16.1 Å². The van der Waals surface area contributed by atoms with Crippen LogP contribution in [0, 0.1) is 0 Å². The molecule has 1 aromatic heterocycles. The molecule has 3 nitrogen and oxygen atoms in total. The summed E-state index contributed by atoms with van der Waals surface area (Å²) in [4.78, 5) is 7.44. The number of aromatic nitrogens is 1. The van der Waals surface area contributed by atoms with E-state index < -0.39 is 0 Å². The molecular weight excluding hydrogens is 242 g/mol. The Hall–Kier alpha value is -0.450. The Morgan fingerprint density at radius 2 is 2.39 bits per heavy atom. The predicted molar refractivity (Wildman–Crippen MR) is 78.2 cm³/mol. The van der Waals surface area contributed by atoms with Gasteiger partial charge < -0.3 is 5.32 Å². The van der Waals surface area contributed by atoms with Gasteiger partial charge in [0.05, 0.1) is 11.7 Å². The van der Waals surface area contributed by atoms with Gasteiger partial charge in [-0.1, -0.05) is 13.3 Å². The van der Waals surface area contributed by atoms with Crippen LogP contribution in [0.1, 0.15) is 49.4 Å². The molecule has 1 N–H and O–H groups in total. The molecule has 1 saturated heterocycles. The van der Waals surface area contributed by atoms with E-state index in [-0.39, 0.29) is 0 Å². The molecule has 0 radical (unpaired) electrons. The summed E-state index contributed by atoms with van der Waals surface area (Å²) >= 11 is 1.86. The summed E-state index contributed by atoms with van der Waals surface area (Å²) in [5.41, 5.74) is 1.28. The van der Waals surface area contributed by atoms with Gasteiger partial charge in [-0.25, -0.2) is 4.98 Å². The number of piperidine rings is 1. The highest BCUT2D eigenvalue weighted by atomic mass is 32.1. The molecule has 0 aromatic carbocycles. The van der Waals surface area contributed by atoms with Crippen molar-refractivity contribution >= 4 is 11.3 Å². The van der Waals surface area contributed by atoms with E-state index in [4.69, 9.17) is 4.98 Å². The summed E-state index contributed by atoms with van der Waals surface area (Å²) in [5, 5.41) is 6.79. The minimum Gasteiger partial charge on any atom is -0.320 e. The van der Waals surface area contributed by atoms with Gasteiger partial charge in [-0.15, -0.1) is 11.3 Å². The van der Waals surface area contributed by atoms with Gasteiger partial charge in [0, 0.05) is 5.38 Å². The third kappa shape index (κ3) is 3.53. The van der Waals surface area contributed by atoms with E-state index in [1.165, 1.54) is 42.9 Å². The first-order valence-electron chi connectivity index (χ1n) is 7.18. The Morgan fingerprint density at radius 3 is 3.17 bits per heavy atom. The van der Waals surface area contributed by atoms with Crippen molar-refractivity contribution in [2.45, 2.75) is 45.1 Å². The lowest BCUT2D eigenvalue weighted by molar-refractivity contribution is 0.157. The zero-order valence-electron chi connectivity index (χ0n) is 11.6. The Kier molecular flexibility index (Phi) is 5.60. The van der Waals surface area contributed by atoms with Crippen LogP contribution in [0.2, 0.25) is 0 Å². The maximum atomic E-state index is 4.85. The maximum Gasteiger partial charge on any atom is 0.110 e. The normalized spacial score (nSPS) is 21.3. The number of aryl methyl sites for hydroxylation is 1. The van der Waals surface area contributed by atoms with Crippen LogP contribution in [-0.4, -0.2) is 36.6 Å². The van der Waals surface area contributed by atoms with Crippen molar-refractivity contribution < 1.29 is 0 Å². The highest BCUT2D eigenvalue weighted by Gasteiger charge is 2.24. The number of hydrogen-bond acceptors (Lipinski definition) is 4. The van der Waals surface area contributed by atoms with Gasteiger partial charge in [0.15, 0.2) is 0 Å². The van der Waals surface area contributed by atoms with Gasteiger partial charge in [0.1, 0.15) is 5.01 Å². The topological polar surface area (TPSA) is 28.2 Å². The SMILES string of the molecule is CCN1CCCCC1c1nc(CCCNC)cs1. The molecule has 1 aromatic rings. The Bertz CT molecular complexity index is 351. The predicted octanol–water partition coefficient (Wildman–Crippen LogP) is 2.84. The average molecular weight is 267 g/mol. The largest absolute Gasteiger partial charge is 0.320 e. The molecule has 1 aliphatic rings. The van der Waals surface area contributed by atoms with Crippen molar-refractivity contribution in [1.82, 2.24) is 15.2 Å². The molecule has 2 rings (SSSR count). The molecule has 18 heavy (non-hydrogen) atoms. The van der Waals surface area contributed by atoms with Crippen LogP contribution < -0.4 is 5.32 Å². The first kappa shape index (κ1) is 14.0. The summed E-state index contributed by atoms with van der Waals surface area (Å²) in [6.45, 7) is 5.74. The molecule has 1 aliphatic heterocycles. The summed E-state index contributed by atoms with van der Waals surface area (Å²) < 4.78 is 0. The number of hydrogen-bond donors (Lipinski definition) is 1. The smallest absolute Gasteiger partial charge is 0.110 e. The highest BCUT2D eigenvalue weighted by Crippen LogP contribution is 2.32. The molecule has 2 heterocycles. The van der Waals surface area contributed by atoms with Crippen LogP contribution in [0.15, 0.2) is 5.38 Å². The number of likely N-dealkylation sites (tertiary alicyclic amines) is 1. The molecule has 4 heteroatoms. The molecule has 102 valence electrons. The Morgan fingerprint density at radius 1 is 1.50 bits per heavy atom. The van der Waals surface area contributed by atoms with E-state index >= 15 is 0 Å². The van der Waals surface area contributed by atoms with Crippen LogP contribution in [0.4, 0.5) is 0 Å². The van der Waals surface area contributed by atoms with E-state index in [0.717, 1.165) is 19.5 Å². The first-order chi connectivity index (χ1) is 8.85. The minimum atomic E-state index is 0.590. The lowest BCUT2D eigenvalue weighted by Crippen LogP contribution is -2.33. The average Bonchev–Trinajstić information content (AvgIpc) is 2.88. The van der Waals surface area contributed by atoms with Crippen molar-refractivity contribution in [3.63, 3.8) is 0 Å². The fraction of sp³-hybridized carbons (Fsp3) is 0.786. The Labute approximate surface area is 115 Å². The van der Waals surface area contributed by atoms with E-state index in [1.54, 1.807) is 0 Å². The molecule has 1 fully saturated rings. The monoisotopic (exact) mass is 267 g/mol. The zero-order valence-corrected chi connectivity index (χ0v) is 12.4. The zero-order chi connectivity index (χ0) is 12.8. The Balaban J connectivity index is 1.95. The van der Waals surface area contributed by atoms with Crippen LogP contribution >= 0.6 is 11.3 Å². The lowest BCUT2D eigenvalue weighted by Gasteiger charge is -2.33. The van der Waals surface area contributed by atoms with Crippen molar-refractivity contribution in [2.75, 3.05) is 26.7 Å². The van der Waals surface area contributed by atoms with Crippen LogP contribution in [0.25, 0.3) is 0 Å². The second-order valence-electron chi connectivity index (χ2n) is 5.02. The summed E-state index contributed by atoms with van der Waals surface area (Å²) in [5.74, 6) is 0. The van der Waals surface area contributed by atoms with E-state index in [1.807, 2.05) is 18.4 Å². The van der Waals surface area contributed by atoms with Gasteiger partial charge in [0.25, 0.3) is 0 Å². The van der Waals surface area contributed by atoms with Crippen LogP contribution in [-0.2, 0) is 6.42 Å². The number of rotatable bonds is 6. The summed E-state index contributed by atoms with van der Waals surface area (Å²) in [6.07, 6.45) is 6.29.